The predicted octanol–water partition coefficient (Wildman–Crippen LogP) is 2.89. The third-order valence-electron chi connectivity index (χ3n) is 4.51. The van der Waals surface area contributed by atoms with Gasteiger partial charge in [-0.1, -0.05) is 60.7 Å². The Morgan fingerprint density at radius 3 is 2.26 bits per heavy atom. The standard InChI is InChI=1S/C17H14O2/c18-16-17(13-9-5-2-6-10-13)14(11-19-16)15(17)12-7-3-1-4-8-12/h1-10,14-15H,11H2/t14-,15-,17-/m0/s1. The SMILES string of the molecule is O=C1OC[C@H]2[C@H](c3ccccc3)[C@@]12c1ccccc1. The Hall–Kier alpha value is -2.09. The van der Waals surface area contributed by atoms with E-state index in [1.165, 1.54) is 5.56 Å². The summed E-state index contributed by atoms with van der Waals surface area (Å²) in [7, 11) is 0. The van der Waals surface area contributed by atoms with Crippen molar-refractivity contribution in [2.24, 2.45) is 5.92 Å². The number of esters is 1. The minimum absolute atomic E-state index is 0.0578. The second-order valence-corrected chi connectivity index (χ2v) is 5.33. The minimum Gasteiger partial charge on any atom is -0.465 e. The number of ether oxygens (including phenoxy) is 1. The van der Waals surface area contributed by atoms with Crippen molar-refractivity contribution in [3.05, 3.63) is 71.8 Å². The maximum Gasteiger partial charge on any atom is 0.317 e. The van der Waals surface area contributed by atoms with Crippen LogP contribution in [-0.2, 0) is 14.9 Å². The summed E-state index contributed by atoms with van der Waals surface area (Å²) < 4.78 is 5.29. The maximum absolute atomic E-state index is 12.3. The fourth-order valence-corrected chi connectivity index (χ4v) is 3.63. The van der Waals surface area contributed by atoms with E-state index in [9.17, 15) is 4.79 Å². The Balaban J connectivity index is 1.83. The summed E-state index contributed by atoms with van der Waals surface area (Å²) in [4.78, 5) is 12.3. The van der Waals surface area contributed by atoms with Crippen molar-refractivity contribution in [1.82, 2.24) is 0 Å². The van der Waals surface area contributed by atoms with E-state index in [0.717, 1.165) is 5.56 Å². The van der Waals surface area contributed by atoms with Gasteiger partial charge in [0.1, 0.15) is 5.41 Å². The number of hydrogen-bond acceptors (Lipinski definition) is 2. The van der Waals surface area contributed by atoms with Crippen molar-refractivity contribution in [3.63, 3.8) is 0 Å². The van der Waals surface area contributed by atoms with Crippen LogP contribution in [0.4, 0.5) is 0 Å². The predicted molar refractivity (Wildman–Crippen MR) is 71.8 cm³/mol. The van der Waals surface area contributed by atoms with Crippen molar-refractivity contribution < 1.29 is 9.53 Å². The topological polar surface area (TPSA) is 26.3 Å². The second kappa shape index (κ2) is 3.70. The molecule has 0 spiro atoms. The van der Waals surface area contributed by atoms with Crippen molar-refractivity contribution in [3.8, 4) is 0 Å². The van der Waals surface area contributed by atoms with Gasteiger partial charge in [-0.15, -0.1) is 0 Å². The Kier molecular flexibility index (Phi) is 2.10. The van der Waals surface area contributed by atoms with Crippen LogP contribution in [0.2, 0.25) is 0 Å². The average molecular weight is 250 g/mol. The Labute approximate surface area is 112 Å². The van der Waals surface area contributed by atoms with Gasteiger partial charge < -0.3 is 4.74 Å². The first-order chi connectivity index (χ1) is 9.35. The van der Waals surface area contributed by atoms with Crippen LogP contribution in [0, 0.1) is 5.92 Å². The van der Waals surface area contributed by atoms with E-state index in [-0.39, 0.29) is 11.9 Å². The van der Waals surface area contributed by atoms with Gasteiger partial charge >= 0.3 is 5.97 Å². The van der Waals surface area contributed by atoms with E-state index < -0.39 is 5.41 Å². The molecule has 0 aromatic heterocycles. The molecule has 2 aromatic carbocycles. The number of hydrogen-bond donors (Lipinski definition) is 0. The number of cyclic esters (lactones) is 1. The number of fused-ring (bicyclic) bond motifs is 1. The van der Waals surface area contributed by atoms with E-state index in [4.69, 9.17) is 4.74 Å². The molecule has 3 atom stereocenters. The van der Waals surface area contributed by atoms with E-state index in [1.807, 2.05) is 48.5 Å². The van der Waals surface area contributed by atoms with Gasteiger partial charge in [0.05, 0.1) is 6.61 Å². The highest BCUT2D eigenvalue weighted by Gasteiger charge is 2.75. The molecule has 0 unspecified atom stereocenters. The molecular formula is C17H14O2. The van der Waals surface area contributed by atoms with Gasteiger partial charge in [0.15, 0.2) is 0 Å². The molecule has 2 aliphatic rings. The van der Waals surface area contributed by atoms with Crippen LogP contribution in [0.5, 0.6) is 0 Å². The molecule has 4 rings (SSSR count). The maximum atomic E-state index is 12.3. The third-order valence-corrected chi connectivity index (χ3v) is 4.51. The van der Waals surface area contributed by atoms with Crippen molar-refractivity contribution in [2.75, 3.05) is 6.61 Å². The molecule has 2 heteroatoms. The number of rotatable bonds is 2. The molecule has 2 nitrogen and oxygen atoms in total. The van der Waals surface area contributed by atoms with Gasteiger partial charge in [0.25, 0.3) is 0 Å². The lowest BCUT2D eigenvalue weighted by Gasteiger charge is -2.14. The smallest absolute Gasteiger partial charge is 0.317 e. The fourth-order valence-electron chi connectivity index (χ4n) is 3.63. The Bertz CT molecular complexity index is 620. The first kappa shape index (κ1) is 10.8. The molecule has 0 radical (unpaired) electrons. The van der Waals surface area contributed by atoms with Crippen molar-refractivity contribution in [1.29, 1.82) is 0 Å². The van der Waals surface area contributed by atoms with Crippen LogP contribution in [-0.4, -0.2) is 12.6 Å². The van der Waals surface area contributed by atoms with Crippen molar-refractivity contribution >= 4 is 5.97 Å². The van der Waals surface area contributed by atoms with Crippen LogP contribution >= 0.6 is 0 Å². The summed E-state index contributed by atoms with van der Waals surface area (Å²) in [5.74, 6) is 0.514. The molecule has 1 heterocycles. The van der Waals surface area contributed by atoms with E-state index in [0.29, 0.717) is 12.5 Å². The number of carbonyl (C=O) groups excluding carboxylic acids is 1. The molecule has 0 amide bonds. The van der Waals surface area contributed by atoms with Gasteiger partial charge in [0, 0.05) is 11.8 Å². The third kappa shape index (κ3) is 1.29. The Morgan fingerprint density at radius 2 is 1.58 bits per heavy atom. The number of benzene rings is 2. The lowest BCUT2D eigenvalue weighted by Crippen LogP contribution is -2.21. The second-order valence-electron chi connectivity index (χ2n) is 5.33. The molecule has 2 aromatic rings. The number of carbonyl (C=O) groups is 1. The normalized spacial score (nSPS) is 31.7. The summed E-state index contributed by atoms with van der Waals surface area (Å²) >= 11 is 0. The summed E-state index contributed by atoms with van der Waals surface area (Å²) in [5.41, 5.74) is 1.91. The average Bonchev–Trinajstić information content (AvgIpc) is 3.05. The molecule has 94 valence electrons. The molecule has 1 saturated carbocycles. The first-order valence-electron chi connectivity index (χ1n) is 6.63. The van der Waals surface area contributed by atoms with Gasteiger partial charge in [-0.25, -0.2) is 0 Å². The highest BCUT2D eigenvalue weighted by atomic mass is 16.5. The molecule has 2 fully saturated rings. The van der Waals surface area contributed by atoms with Crippen LogP contribution < -0.4 is 0 Å². The lowest BCUT2D eigenvalue weighted by atomic mass is 9.90. The largest absolute Gasteiger partial charge is 0.465 e. The zero-order chi connectivity index (χ0) is 12.9. The molecule has 1 aliphatic carbocycles. The fraction of sp³-hybridized carbons (Fsp3) is 0.235. The van der Waals surface area contributed by atoms with Gasteiger partial charge in [-0.3, -0.25) is 4.79 Å². The zero-order valence-corrected chi connectivity index (χ0v) is 10.5. The zero-order valence-electron chi connectivity index (χ0n) is 10.5. The monoisotopic (exact) mass is 250 g/mol. The minimum atomic E-state index is -0.428. The van der Waals surface area contributed by atoms with Crippen LogP contribution in [0.3, 0.4) is 0 Å². The lowest BCUT2D eigenvalue weighted by molar-refractivity contribution is -0.142. The molecule has 19 heavy (non-hydrogen) atoms. The van der Waals surface area contributed by atoms with Crippen LogP contribution in [0.15, 0.2) is 60.7 Å². The van der Waals surface area contributed by atoms with E-state index >= 15 is 0 Å². The Morgan fingerprint density at radius 1 is 0.947 bits per heavy atom. The molecule has 0 bridgehead atoms. The molecule has 1 aliphatic heterocycles. The molecular weight excluding hydrogens is 236 g/mol. The van der Waals surface area contributed by atoms with E-state index in [2.05, 4.69) is 12.1 Å². The van der Waals surface area contributed by atoms with E-state index in [1.54, 1.807) is 0 Å². The summed E-state index contributed by atoms with van der Waals surface area (Å²) in [5, 5.41) is 0. The van der Waals surface area contributed by atoms with Gasteiger partial charge in [0.2, 0.25) is 0 Å². The summed E-state index contributed by atoms with van der Waals surface area (Å²) in [6, 6.07) is 20.4. The quantitative estimate of drug-likeness (QED) is 0.766. The molecule has 1 saturated heterocycles. The summed E-state index contributed by atoms with van der Waals surface area (Å²) in [6.45, 7) is 0.549. The molecule has 0 N–H and O–H groups in total. The summed E-state index contributed by atoms with van der Waals surface area (Å²) in [6.07, 6.45) is 0. The highest BCUT2D eigenvalue weighted by molar-refractivity contribution is 5.92. The van der Waals surface area contributed by atoms with Crippen molar-refractivity contribution in [2.45, 2.75) is 11.3 Å². The van der Waals surface area contributed by atoms with Gasteiger partial charge in [-0.2, -0.15) is 0 Å². The van der Waals surface area contributed by atoms with Crippen LogP contribution in [0.25, 0.3) is 0 Å². The van der Waals surface area contributed by atoms with Crippen LogP contribution in [0.1, 0.15) is 17.0 Å². The van der Waals surface area contributed by atoms with Gasteiger partial charge in [-0.05, 0) is 11.1 Å². The first-order valence-corrected chi connectivity index (χ1v) is 6.63. The highest BCUT2D eigenvalue weighted by Crippen LogP contribution is 2.69.